The number of hydrogen-bond donors (Lipinski definition) is 1. The molecule has 1 aromatic carbocycles. The van der Waals surface area contributed by atoms with Crippen molar-refractivity contribution in [3.63, 3.8) is 0 Å². The minimum absolute atomic E-state index is 0. The summed E-state index contributed by atoms with van der Waals surface area (Å²) in [6.07, 6.45) is 4.98. The van der Waals surface area contributed by atoms with E-state index < -0.39 is 6.10 Å². The van der Waals surface area contributed by atoms with Crippen molar-refractivity contribution in [1.29, 1.82) is 0 Å². The number of likely N-dealkylation sites (tertiary alicyclic amines) is 1. The number of likely N-dealkylation sites (N-methyl/N-ethyl adjacent to an activating group) is 1. The van der Waals surface area contributed by atoms with Gasteiger partial charge >= 0.3 is 0 Å². The number of ether oxygens (including phenoxy) is 2. The van der Waals surface area contributed by atoms with Crippen molar-refractivity contribution in [3.8, 4) is 17.2 Å². The number of carbonyl (C=O) groups is 1. The molecule has 4 aliphatic rings. The first-order chi connectivity index (χ1) is 12.6. The Balaban J connectivity index is 0.00000180. The van der Waals surface area contributed by atoms with Gasteiger partial charge in [-0.25, -0.2) is 0 Å². The molecule has 0 amide bonds. The highest BCUT2D eigenvalue weighted by molar-refractivity contribution is 5.89. The third kappa shape index (κ3) is 2.37. The molecule has 5 nitrogen and oxygen atoms in total. The summed E-state index contributed by atoms with van der Waals surface area (Å²) in [6, 6.07) is 2.12. The van der Waals surface area contributed by atoms with E-state index in [4.69, 9.17) is 9.47 Å². The summed E-state index contributed by atoms with van der Waals surface area (Å²) < 4.78 is 12.2. The van der Waals surface area contributed by atoms with Crippen LogP contribution in [0.15, 0.2) is 6.07 Å². The standard InChI is InChI=1S/C21H27NO4.ClH/c1-3-4-9-25-17-11-16(24)19-18-12(17)10-14-13-5-6-15(23)20(26-19)21(13,18)7-8-22(14)2;/h11,13-14,20,24H,3-10H2,1-2H3;1H/t13-,14+,20-,21-;/m0./s1. The van der Waals surface area contributed by atoms with E-state index in [0.29, 0.717) is 30.7 Å². The van der Waals surface area contributed by atoms with Gasteiger partial charge in [-0.05, 0) is 45.2 Å². The molecular formula is C21H28ClNO4. The van der Waals surface area contributed by atoms with Crippen LogP contribution >= 0.6 is 12.4 Å². The Hall–Kier alpha value is -1.46. The molecule has 1 N–H and O–H groups in total. The van der Waals surface area contributed by atoms with E-state index >= 15 is 0 Å². The van der Waals surface area contributed by atoms with Gasteiger partial charge in [0.05, 0.1) is 6.61 Å². The van der Waals surface area contributed by atoms with Gasteiger partial charge in [0.1, 0.15) is 5.75 Å². The smallest absolute Gasteiger partial charge is 0.174 e. The van der Waals surface area contributed by atoms with Gasteiger partial charge in [0.15, 0.2) is 23.4 Å². The van der Waals surface area contributed by atoms with Gasteiger partial charge in [0, 0.05) is 35.1 Å². The van der Waals surface area contributed by atoms with Crippen LogP contribution in [0.25, 0.3) is 0 Å². The Labute approximate surface area is 166 Å². The second-order valence-electron chi connectivity index (χ2n) is 8.43. The number of hydrogen-bond acceptors (Lipinski definition) is 5. The van der Waals surface area contributed by atoms with Crippen molar-refractivity contribution in [2.24, 2.45) is 5.92 Å². The van der Waals surface area contributed by atoms with Gasteiger partial charge in [-0.2, -0.15) is 0 Å². The van der Waals surface area contributed by atoms with Crippen molar-refractivity contribution < 1.29 is 19.4 Å². The van der Waals surface area contributed by atoms with Crippen LogP contribution in [0.5, 0.6) is 17.2 Å². The fraction of sp³-hybridized carbons (Fsp3) is 0.667. The van der Waals surface area contributed by atoms with E-state index in [1.54, 1.807) is 6.07 Å². The molecule has 27 heavy (non-hydrogen) atoms. The van der Waals surface area contributed by atoms with Crippen molar-refractivity contribution in [2.75, 3.05) is 20.2 Å². The quantitative estimate of drug-likeness (QED) is 0.796. The third-order valence-electron chi connectivity index (χ3n) is 7.23. The molecule has 1 saturated carbocycles. The Morgan fingerprint density at radius 1 is 1.44 bits per heavy atom. The first-order valence-electron chi connectivity index (χ1n) is 9.99. The predicted octanol–water partition coefficient (Wildman–Crippen LogP) is 3.23. The molecule has 0 unspecified atom stereocenters. The molecule has 6 heteroatoms. The van der Waals surface area contributed by atoms with Crippen LogP contribution in [0.2, 0.25) is 0 Å². The van der Waals surface area contributed by atoms with Gasteiger partial charge in [-0.15, -0.1) is 12.4 Å². The van der Waals surface area contributed by atoms with Crippen LogP contribution in [-0.4, -0.2) is 48.1 Å². The van der Waals surface area contributed by atoms with Gasteiger partial charge in [-0.1, -0.05) is 13.3 Å². The largest absolute Gasteiger partial charge is 0.504 e. The Kier molecular flexibility index (Phi) is 4.59. The lowest BCUT2D eigenvalue weighted by molar-refractivity contribution is -0.138. The normalized spacial score (nSPS) is 33.1. The molecule has 1 aromatic rings. The van der Waals surface area contributed by atoms with Crippen LogP contribution in [0.4, 0.5) is 0 Å². The zero-order valence-electron chi connectivity index (χ0n) is 16.0. The number of phenols is 1. The Morgan fingerprint density at radius 3 is 3.04 bits per heavy atom. The molecular weight excluding hydrogens is 366 g/mol. The number of nitrogens with zero attached hydrogens (tertiary/aromatic N) is 1. The zero-order chi connectivity index (χ0) is 18.1. The van der Waals surface area contributed by atoms with E-state index in [1.807, 2.05) is 0 Å². The van der Waals surface area contributed by atoms with Crippen LogP contribution in [-0.2, 0) is 16.6 Å². The molecule has 2 heterocycles. The van der Waals surface area contributed by atoms with Gasteiger partial charge < -0.3 is 19.5 Å². The number of benzene rings is 1. The van der Waals surface area contributed by atoms with Crippen molar-refractivity contribution in [3.05, 3.63) is 17.2 Å². The average molecular weight is 394 g/mol. The number of unbranched alkanes of at least 4 members (excludes halogenated alkanes) is 1. The molecule has 148 valence electrons. The monoisotopic (exact) mass is 393 g/mol. The minimum atomic E-state index is -0.428. The summed E-state index contributed by atoms with van der Waals surface area (Å²) in [5.74, 6) is 2.08. The lowest BCUT2D eigenvalue weighted by Crippen LogP contribution is -2.65. The summed E-state index contributed by atoms with van der Waals surface area (Å²) in [4.78, 5) is 15.2. The van der Waals surface area contributed by atoms with E-state index in [2.05, 4.69) is 18.9 Å². The number of halogens is 1. The predicted molar refractivity (Wildman–Crippen MR) is 104 cm³/mol. The maximum atomic E-state index is 12.8. The Morgan fingerprint density at radius 2 is 2.26 bits per heavy atom. The molecule has 0 aromatic heterocycles. The highest BCUT2D eigenvalue weighted by Gasteiger charge is 2.66. The van der Waals surface area contributed by atoms with E-state index in [1.165, 1.54) is 5.56 Å². The molecule has 1 spiro atoms. The maximum absolute atomic E-state index is 12.8. The SMILES string of the molecule is CCCCOc1cc(O)c2c3c1C[C@@H]1[C@@H]4CCC(=O)[C@H](O2)[C@]34CCN1C.Cl. The zero-order valence-corrected chi connectivity index (χ0v) is 16.8. The number of piperidine rings is 1. The highest BCUT2D eigenvalue weighted by Crippen LogP contribution is 2.64. The summed E-state index contributed by atoms with van der Waals surface area (Å²) >= 11 is 0. The van der Waals surface area contributed by atoms with Gasteiger partial charge in [0.2, 0.25) is 0 Å². The Bertz CT molecular complexity index is 782. The molecule has 1 saturated heterocycles. The van der Waals surface area contributed by atoms with Crippen molar-refractivity contribution in [1.82, 2.24) is 4.90 Å². The van der Waals surface area contributed by atoms with Gasteiger partial charge in [0.25, 0.3) is 0 Å². The molecule has 0 radical (unpaired) electrons. The summed E-state index contributed by atoms with van der Waals surface area (Å²) in [5.41, 5.74) is 1.99. The second kappa shape index (κ2) is 6.56. The fourth-order valence-electron chi connectivity index (χ4n) is 6.03. The average Bonchev–Trinajstić information content (AvgIpc) is 2.98. The summed E-state index contributed by atoms with van der Waals surface area (Å²) in [5, 5.41) is 10.7. The molecule has 2 bridgehead atoms. The number of rotatable bonds is 4. The number of aromatic hydroxyl groups is 1. The number of Topliss-reactive ketones (excluding diaryl/α,β-unsaturated/α-hetero) is 1. The van der Waals surface area contributed by atoms with Crippen LogP contribution in [0.3, 0.4) is 0 Å². The lowest BCUT2D eigenvalue weighted by Gasteiger charge is -2.57. The van der Waals surface area contributed by atoms with Crippen LogP contribution < -0.4 is 9.47 Å². The highest BCUT2D eigenvalue weighted by atomic mass is 35.5. The van der Waals surface area contributed by atoms with E-state index in [0.717, 1.165) is 50.0 Å². The molecule has 5 rings (SSSR count). The molecule has 4 atom stereocenters. The topological polar surface area (TPSA) is 59.0 Å². The van der Waals surface area contributed by atoms with Crippen molar-refractivity contribution in [2.45, 2.75) is 63.0 Å². The molecule has 2 fully saturated rings. The number of carbonyl (C=O) groups excluding carboxylic acids is 1. The van der Waals surface area contributed by atoms with Crippen LogP contribution in [0.1, 0.15) is 50.2 Å². The molecule has 2 aliphatic heterocycles. The first kappa shape index (κ1) is 18.9. The van der Waals surface area contributed by atoms with E-state index in [-0.39, 0.29) is 29.4 Å². The lowest BCUT2D eigenvalue weighted by atomic mass is 9.51. The second-order valence-corrected chi connectivity index (χ2v) is 8.43. The third-order valence-corrected chi connectivity index (χ3v) is 7.23. The summed E-state index contributed by atoms with van der Waals surface area (Å²) in [6.45, 7) is 3.76. The molecule has 2 aliphatic carbocycles. The number of ketones is 1. The van der Waals surface area contributed by atoms with Gasteiger partial charge in [-0.3, -0.25) is 4.79 Å². The fourth-order valence-corrected chi connectivity index (χ4v) is 6.03. The maximum Gasteiger partial charge on any atom is 0.174 e. The van der Waals surface area contributed by atoms with E-state index in [9.17, 15) is 9.90 Å². The van der Waals surface area contributed by atoms with Crippen molar-refractivity contribution >= 4 is 18.2 Å². The minimum Gasteiger partial charge on any atom is -0.504 e. The van der Waals surface area contributed by atoms with Crippen LogP contribution in [0, 0.1) is 5.92 Å². The number of phenolic OH excluding ortho intramolecular Hbond substituents is 1. The first-order valence-corrected chi connectivity index (χ1v) is 9.99. The summed E-state index contributed by atoms with van der Waals surface area (Å²) in [7, 11) is 2.20.